The number of pyridine rings is 1. The first-order valence-corrected chi connectivity index (χ1v) is 6.94. The van der Waals surface area contributed by atoms with E-state index in [0.29, 0.717) is 13.0 Å². The number of anilines is 1. The van der Waals surface area contributed by atoms with E-state index in [2.05, 4.69) is 10.3 Å². The standard InChI is InChI=1S/C14H16F3N3O.ClH/c15-14(16,17)10-8-19-4-1-11(10)20-9-13(7-12(20)21)2-5-18-6-3-13;/h1,4,8,18H,2-3,5-7,9H2;1H. The van der Waals surface area contributed by atoms with Crippen LogP contribution in [0.5, 0.6) is 0 Å². The van der Waals surface area contributed by atoms with E-state index in [1.54, 1.807) is 0 Å². The fourth-order valence-corrected chi connectivity index (χ4v) is 3.25. The third-order valence-electron chi connectivity index (χ3n) is 4.38. The van der Waals surface area contributed by atoms with Gasteiger partial charge in [-0.1, -0.05) is 0 Å². The van der Waals surface area contributed by atoms with Gasteiger partial charge in [0.25, 0.3) is 0 Å². The van der Waals surface area contributed by atoms with Crippen LogP contribution in [0.1, 0.15) is 24.8 Å². The molecule has 4 nitrogen and oxygen atoms in total. The number of carbonyl (C=O) groups is 1. The average Bonchev–Trinajstić information content (AvgIpc) is 2.75. The molecule has 2 aliphatic rings. The number of alkyl halides is 3. The highest BCUT2D eigenvalue weighted by atomic mass is 35.5. The van der Waals surface area contributed by atoms with Crippen molar-refractivity contribution in [1.29, 1.82) is 0 Å². The van der Waals surface area contributed by atoms with E-state index >= 15 is 0 Å². The molecule has 1 aromatic rings. The first-order valence-electron chi connectivity index (χ1n) is 6.94. The molecule has 2 fully saturated rings. The maximum absolute atomic E-state index is 13.1. The summed E-state index contributed by atoms with van der Waals surface area (Å²) in [6, 6.07) is 1.28. The number of nitrogens with zero attached hydrogens (tertiary/aromatic N) is 2. The molecule has 2 aliphatic heterocycles. The zero-order valence-electron chi connectivity index (χ0n) is 11.8. The molecule has 0 aliphatic carbocycles. The van der Waals surface area contributed by atoms with Crippen LogP contribution < -0.4 is 10.2 Å². The fraction of sp³-hybridized carbons (Fsp3) is 0.571. The van der Waals surface area contributed by atoms with Crippen LogP contribution in [0.25, 0.3) is 0 Å². The molecule has 2 saturated heterocycles. The Kier molecular flexibility index (Phi) is 4.67. The molecule has 0 radical (unpaired) electrons. The second-order valence-corrected chi connectivity index (χ2v) is 5.80. The van der Waals surface area contributed by atoms with Gasteiger partial charge >= 0.3 is 6.18 Å². The van der Waals surface area contributed by atoms with Crippen molar-refractivity contribution in [2.75, 3.05) is 24.5 Å². The van der Waals surface area contributed by atoms with Gasteiger partial charge in [-0.15, -0.1) is 12.4 Å². The first kappa shape index (κ1) is 17.0. The minimum Gasteiger partial charge on any atom is -0.317 e. The Balaban J connectivity index is 0.00000176. The van der Waals surface area contributed by atoms with Crippen LogP contribution in [-0.4, -0.2) is 30.5 Å². The second kappa shape index (κ2) is 6.04. The van der Waals surface area contributed by atoms with Crippen LogP contribution >= 0.6 is 12.4 Å². The summed E-state index contributed by atoms with van der Waals surface area (Å²) in [4.78, 5) is 17.1. The predicted octanol–water partition coefficient (Wildman–Crippen LogP) is 2.63. The van der Waals surface area contributed by atoms with E-state index in [1.165, 1.54) is 17.2 Å². The minimum atomic E-state index is -4.51. The van der Waals surface area contributed by atoms with Gasteiger partial charge in [0.15, 0.2) is 0 Å². The Morgan fingerprint density at radius 3 is 2.59 bits per heavy atom. The molecule has 22 heavy (non-hydrogen) atoms. The number of aromatic nitrogens is 1. The van der Waals surface area contributed by atoms with Crippen LogP contribution in [0, 0.1) is 5.41 Å². The number of piperidine rings is 1. The van der Waals surface area contributed by atoms with Gasteiger partial charge in [0.2, 0.25) is 5.91 Å². The third-order valence-corrected chi connectivity index (χ3v) is 4.38. The number of carbonyl (C=O) groups excluding carboxylic acids is 1. The lowest BCUT2D eigenvalue weighted by Gasteiger charge is -2.33. The summed E-state index contributed by atoms with van der Waals surface area (Å²) >= 11 is 0. The molecule has 0 atom stereocenters. The van der Waals surface area contributed by atoms with E-state index < -0.39 is 11.7 Å². The molecule has 1 N–H and O–H groups in total. The lowest BCUT2D eigenvalue weighted by molar-refractivity contribution is -0.137. The van der Waals surface area contributed by atoms with E-state index in [4.69, 9.17) is 0 Å². The number of nitrogens with one attached hydrogen (secondary N) is 1. The summed E-state index contributed by atoms with van der Waals surface area (Å²) in [6.45, 7) is 1.98. The molecule has 0 saturated carbocycles. The lowest BCUT2D eigenvalue weighted by atomic mass is 9.78. The zero-order chi connectivity index (χ0) is 15.1. The summed E-state index contributed by atoms with van der Waals surface area (Å²) in [5, 5.41) is 3.22. The van der Waals surface area contributed by atoms with Gasteiger partial charge in [-0.2, -0.15) is 13.2 Å². The third kappa shape index (κ3) is 3.05. The molecule has 0 aromatic carbocycles. The van der Waals surface area contributed by atoms with Gasteiger partial charge in [-0.05, 0) is 37.4 Å². The molecule has 1 spiro atoms. The molecular weight excluding hydrogens is 319 g/mol. The summed E-state index contributed by atoms with van der Waals surface area (Å²) in [7, 11) is 0. The minimum absolute atomic E-state index is 0. The Morgan fingerprint density at radius 2 is 1.95 bits per heavy atom. The van der Waals surface area contributed by atoms with E-state index in [0.717, 1.165) is 32.1 Å². The smallest absolute Gasteiger partial charge is 0.317 e. The van der Waals surface area contributed by atoms with E-state index in [-0.39, 0.29) is 29.4 Å². The highest BCUT2D eigenvalue weighted by Crippen LogP contribution is 2.44. The van der Waals surface area contributed by atoms with Crippen molar-refractivity contribution in [1.82, 2.24) is 10.3 Å². The molecule has 8 heteroatoms. The fourth-order valence-electron chi connectivity index (χ4n) is 3.25. The van der Waals surface area contributed by atoms with E-state index in [9.17, 15) is 18.0 Å². The van der Waals surface area contributed by atoms with Gasteiger partial charge in [-0.3, -0.25) is 9.78 Å². The Labute approximate surface area is 132 Å². The van der Waals surface area contributed by atoms with E-state index in [1.807, 2.05) is 0 Å². The van der Waals surface area contributed by atoms with Crippen molar-refractivity contribution in [2.24, 2.45) is 5.41 Å². The predicted molar refractivity (Wildman–Crippen MR) is 78.0 cm³/mol. The molecule has 1 amide bonds. The number of hydrogen-bond acceptors (Lipinski definition) is 3. The molecular formula is C14H17ClF3N3O. The molecule has 1 aromatic heterocycles. The Morgan fingerprint density at radius 1 is 1.27 bits per heavy atom. The molecule has 0 unspecified atom stereocenters. The zero-order valence-corrected chi connectivity index (χ0v) is 12.6. The normalized spacial score (nSPS) is 21.0. The van der Waals surface area contributed by atoms with Crippen LogP contribution in [0.3, 0.4) is 0 Å². The summed E-state index contributed by atoms with van der Waals surface area (Å²) < 4.78 is 39.2. The second-order valence-electron chi connectivity index (χ2n) is 5.80. The van der Waals surface area contributed by atoms with Crippen molar-refractivity contribution in [3.8, 4) is 0 Å². The summed E-state index contributed by atoms with van der Waals surface area (Å²) in [5.41, 5.74) is -1.10. The average molecular weight is 336 g/mol. The van der Waals surface area contributed by atoms with Gasteiger partial charge < -0.3 is 10.2 Å². The van der Waals surface area contributed by atoms with Crippen LogP contribution in [0.2, 0.25) is 0 Å². The Bertz CT molecular complexity index is 559. The van der Waals surface area contributed by atoms with Crippen molar-refractivity contribution >= 4 is 24.0 Å². The maximum atomic E-state index is 13.1. The molecule has 3 heterocycles. The number of halogens is 4. The quantitative estimate of drug-likeness (QED) is 0.858. The van der Waals surface area contributed by atoms with Crippen molar-refractivity contribution in [2.45, 2.75) is 25.4 Å². The number of amides is 1. The summed E-state index contributed by atoms with van der Waals surface area (Å²) in [5.74, 6) is -0.228. The molecule has 3 rings (SSSR count). The van der Waals surface area contributed by atoms with Crippen molar-refractivity contribution in [3.05, 3.63) is 24.0 Å². The summed E-state index contributed by atoms with van der Waals surface area (Å²) in [6.07, 6.45) is -0.452. The monoisotopic (exact) mass is 335 g/mol. The van der Waals surface area contributed by atoms with Crippen molar-refractivity contribution < 1.29 is 18.0 Å². The van der Waals surface area contributed by atoms with Gasteiger partial charge in [0.1, 0.15) is 0 Å². The molecule has 122 valence electrons. The van der Waals surface area contributed by atoms with Gasteiger partial charge in [-0.25, -0.2) is 0 Å². The highest BCUT2D eigenvalue weighted by Gasteiger charge is 2.46. The largest absolute Gasteiger partial charge is 0.419 e. The first-order chi connectivity index (χ1) is 9.91. The number of rotatable bonds is 1. The van der Waals surface area contributed by atoms with Crippen LogP contribution in [0.4, 0.5) is 18.9 Å². The maximum Gasteiger partial charge on any atom is 0.419 e. The van der Waals surface area contributed by atoms with Crippen molar-refractivity contribution in [3.63, 3.8) is 0 Å². The van der Waals surface area contributed by atoms with Crippen LogP contribution in [-0.2, 0) is 11.0 Å². The van der Waals surface area contributed by atoms with Gasteiger partial charge in [0, 0.05) is 25.4 Å². The van der Waals surface area contributed by atoms with Crippen LogP contribution in [0.15, 0.2) is 18.5 Å². The lowest BCUT2D eigenvalue weighted by Crippen LogP contribution is -2.39. The van der Waals surface area contributed by atoms with Gasteiger partial charge in [0.05, 0.1) is 11.3 Å². The highest BCUT2D eigenvalue weighted by molar-refractivity contribution is 5.97. The SMILES string of the molecule is Cl.O=C1CC2(CCNCC2)CN1c1ccncc1C(F)(F)F. The topological polar surface area (TPSA) is 45.2 Å². The molecule has 0 bridgehead atoms. The number of hydrogen-bond donors (Lipinski definition) is 1. The Hall–Kier alpha value is -1.34.